The molecule has 0 aliphatic rings. The summed E-state index contributed by atoms with van der Waals surface area (Å²) in [5.41, 5.74) is 2.50. The highest BCUT2D eigenvalue weighted by atomic mass is 35.5. The van der Waals surface area contributed by atoms with Crippen LogP contribution in [0.2, 0.25) is 10.0 Å². The largest absolute Gasteiger partial charge is 0.378 e. The van der Waals surface area contributed by atoms with Crippen molar-refractivity contribution >= 4 is 52.2 Å². The SMILES string of the molecule is O=C(CSc1nnc(CNc2ccc(Cl)cc2)n1-c1ccccc1)Nc1cccc(Cl)c1. The lowest BCUT2D eigenvalue weighted by Gasteiger charge is -2.11. The summed E-state index contributed by atoms with van der Waals surface area (Å²) < 4.78 is 1.94. The summed E-state index contributed by atoms with van der Waals surface area (Å²) in [6, 6.07) is 24.3. The third kappa shape index (κ3) is 5.82. The Hall–Kier alpha value is -3.00. The van der Waals surface area contributed by atoms with E-state index in [2.05, 4.69) is 20.8 Å². The Balaban J connectivity index is 1.48. The van der Waals surface area contributed by atoms with Gasteiger partial charge in [-0.1, -0.05) is 59.2 Å². The maximum atomic E-state index is 12.4. The van der Waals surface area contributed by atoms with Gasteiger partial charge >= 0.3 is 0 Å². The number of carbonyl (C=O) groups is 1. The smallest absolute Gasteiger partial charge is 0.234 e. The molecule has 0 aliphatic carbocycles. The highest BCUT2D eigenvalue weighted by molar-refractivity contribution is 7.99. The van der Waals surface area contributed by atoms with Gasteiger partial charge in [-0.3, -0.25) is 9.36 Å². The molecule has 0 saturated heterocycles. The van der Waals surface area contributed by atoms with Crippen molar-refractivity contribution in [2.45, 2.75) is 11.7 Å². The fourth-order valence-electron chi connectivity index (χ4n) is 2.99. The minimum absolute atomic E-state index is 0.152. The zero-order chi connectivity index (χ0) is 22.3. The number of halogens is 2. The fourth-order valence-corrected chi connectivity index (χ4v) is 4.07. The molecule has 6 nitrogen and oxygen atoms in total. The first-order chi connectivity index (χ1) is 15.6. The van der Waals surface area contributed by atoms with Gasteiger partial charge in [0.05, 0.1) is 12.3 Å². The molecule has 1 aromatic heterocycles. The van der Waals surface area contributed by atoms with Gasteiger partial charge < -0.3 is 10.6 Å². The van der Waals surface area contributed by atoms with Crippen LogP contribution < -0.4 is 10.6 Å². The molecule has 2 N–H and O–H groups in total. The molecule has 162 valence electrons. The molecule has 0 atom stereocenters. The van der Waals surface area contributed by atoms with E-state index in [1.807, 2.05) is 59.2 Å². The number of nitrogens with zero attached hydrogens (tertiary/aromatic N) is 3. The Morgan fingerprint density at radius 1 is 0.875 bits per heavy atom. The van der Waals surface area contributed by atoms with E-state index in [1.165, 1.54) is 11.8 Å². The zero-order valence-electron chi connectivity index (χ0n) is 16.8. The summed E-state index contributed by atoms with van der Waals surface area (Å²) in [5, 5.41) is 16.7. The summed E-state index contributed by atoms with van der Waals surface area (Å²) in [6.45, 7) is 0.457. The van der Waals surface area contributed by atoms with Gasteiger partial charge in [-0.2, -0.15) is 0 Å². The predicted octanol–water partition coefficient (Wildman–Crippen LogP) is 5.92. The molecule has 4 rings (SSSR count). The lowest BCUT2D eigenvalue weighted by Crippen LogP contribution is -2.15. The maximum absolute atomic E-state index is 12.4. The summed E-state index contributed by atoms with van der Waals surface area (Å²) >= 11 is 13.3. The van der Waals surface area contributed by atoms with Crippen molar-refractivity contribution in [1.29, 1.82) is 0 Å². The number of hydrogen-bond acceptors (Lipinski definition) is 5. The van der Waals surface area contributed by atoms with Crippen molar-refractivity contribution in [3.63, 3.8) is 0 Å². The number of carbonyl (C=O) groups excluding carboxylic acids is 1. The molecule has 0 radical (unpaired) electrons. The summed E-state index contributed by atoms with van der Waals surface area (Å²) in [7, 11) is 0. The number of rotatable bonds is 8. The molecule has 0 fully saturated rings. The van der Waals surface area contributed by atoms with Crippen molar-refractivity contribution in [1.82, 2.24) is 14.8 Å². The Morgan fingerprint density at radius 2 is 1.66 bits per heavy atom. The number of anilines is 2. The zero-order valence-corrected chi connectivity index (χ0v) is 19.2. The average molecular weight is 484 g/mol. The molecule has 1 amide bonds. The van der Waals surface area contributed by atoms with Crippen molar-refractivity contribution in [3.05, 3.63) is 94.7 Å². The normalized spacial score (nSPS) is 10.7. The molecule has 4 aromatic rings. The van der Waals surface area contributed by atoms with Gasteiger partial charge in [0.1, 0.15) is 0 Å². The fraction of sp³-hybridized carbons (Fsp3) is 0.0870. The first kappa shape index (κ1) is 22.2. The first-order valence-electron chi connectivity index (χ1n) is 9.76. The van der Waals surface area contributed by atoms with Gasteiger partial charge in [0.25, 0.3) is 0 Å². The Bertz CT molecular complexity index is 1200. The summed E-state index contributed by atoms with van der Waals surface area (Å²) in [4.78, 5) is 12.4. The van der Waals surface area contributed by atoms with Gasteiger partial charge in [-0.15, -0.1) is 10.2 Å². The number of para-hydroxylation sites is 1. The van der Waals surface area contributed by atoms with Crippen LogP contribution in [0.25, 0.3) is 5.69 Å². The average Bonchev–Trinajstić information content (AvgIpc) is 3.21. The lowest BCUT2D eigenvalue weighted by molar-refractivity contribution is -0.113. The van der Waals surface area contributed by atoms with Gasteiger partial charge in [-0.05, 0) is 54.6 Å². The van der Waals surface area contributed by atoms with Crippen LogP contribution in [0.15, 0.2) is 84.0 Å². The highest BCUT2D eigenvalue weighted by Crippen LogP contribution is 2.24. The van der Waals surface area contributed by atoms with E-state index in [4.69, 9.17) is 23.2 Å². The molecule has 32 heavy (non-hydrogen) atoms. The van der Waals surface area contributed by atoms with E-state index < -0.39 is 0 Å². The quantitative estimate of drug-likeness (QED) is 0.304. The monoisotopic (exact) mass is 483 g/mol. The molecule has 9 heteroatoms. The van der Waals surface area contributed by atoms with E-state index in [0.717, 1.165) is 17.2 Å². The minimum atomic E-state index is -0.152. The molecular weight excluding hydrogens is 465 g/mol. The van der Waals surface area contributed by atoms with E-state index in [-0.39, 0.29) is 11.7 Å². The van der Waals surface area contributed by atoms with Crippen LogP contribution in [0.1, 0.15) is 5.82 Å². The Morgan fingerprint density at radius 3 is 2.41 bits per heavy atom. The number of thioether (sulfide) groups is 1. The van der Waals surface area contributed by atoms with Crippen LogP contribution in [0.5, 0.6) is 0 Å². The second-order valence-electron chi connectivity index (χ2n) is 6.78. The van der Waals surface area contributed by atoms with Crippen LogP contribution in [-0.4, -0.2) is 26.4 Å². The van der Waals surface area contributed by atoms with E-state index in [9.17, 15) is 4.79 Å². The number of aromatic nitrogens is 3. The standard InChI is InChI=1S/C23H19Cl2N5OS/c24-16-9-11-18(12-10-16)26-14-21-28-29-23(30(21)20-7-2-1-3-8-20)32-15-22(31)27-19-6-4-5-17(25)13-19/h1-13,26H,14-15H2,(H,27,31). The second-order valence-corrected chi connectivity index (χ2v) is 8.59. The second kappa shape index (κ2) is 10.5. The van der Waals surface area contributed by atoms with E-state index >= 15 is 0 Å². The minimum Gasteiger partial charge on any atom is -0.378 e. The Kier molecular flexibility index (Phi) is 7.32. The lowest BCUT2D eigenvalue weighted by atomic mass is 10.3. The third-order valence-corrected chi connectivity index (χ3v) is 5.87. The van der Waals surface area contributed by atoms with Crippen LogP contribution in [0, 0.1) is 0 Å². The number of nitrogens with one attached hydrogen (secondary N) is 2. The van der Waals surface area contributed by atoms with Crippen molar-refractivity contribution in [2.75, 3.05) is 16.4 Å². The molecule has 0 unspecified atom stereocenters. The van der Waals surface area contributed by atoms with Gasteiger partial charge in [0.15, 0.2) is 11.0 Å². The predicted molar refractivity (Wildman–Crippen MR) is 131 cm³/mol. The van der Waals surface area contributed by atoms with Crippen LogP contribution in [0.3, 0.4) is 0 Å². The van der Waals surface area contributed by atoms with Gasteiger partial charge in [-0.25, -0.2) is 0 Å². The van der Waals surface area contributed by atoms with Crippen LogP contribution in [0.4, 0.5) is 11.4 Å². The molecule has 0 aliphatic heterocycles. The van der Waals surface area contributed by atoms with E-state index in [1.54, 1.807) is 24.3 Å². The molecule has 0 saturated carbocycles. The molecule has 1 heterocycles. The van der Waals surface area contributed by atoms with Crippen molar-refractivity contribution in [3.8, 4) is 5.69 Å². The third-order valence-electron chi connectivity index (χ3n) is 4.45. The maximum Gasteiger partial charge on any atom is 0.234 e. The van der Waals surface area contributed by atoms with Gasteiger partial charge in [0, 0.05) is 27.1 Å². The highest BCUT2D eigenvalue weighted by Gasteiger charge is 2.16. The number of hydrogen-bond donors (Lipinski definition) is 2. The van der Waals surface area contributed by atoms with Crippen LogP contribution >= 0.6 is 35.0 Å². The first-order valence-corrected chi connectivity index (χ1v) is 11.5. The number of amides is 1. The van der Waals surface area contributed by atoms with Crippen LogP contribution in [-0.2, 0) is 11.3 Å². The topological polar surface area (TPSA) is 71.8 Å². The van der Waals surface area contributed by atoms with Crippen molar-refractivity contribution in [2.24, 2.45) is 0 Å². The molecule has 0 bridgehead atoms. The Labute approximate surface area is 200 Å². The summed E-state index contributed by atoms with van der Waals surface area (Å²) in [6.07, 6.45) is 0. The van der Waals surface area contributed by atoms with Gasteiger partial charge in [0.2, 0.25) is 5.91 Å². The molecule has 0 spiro atoms. The summed E-state index contributed by atoms with van der Waals surface area (Å²) in [5.74, 6) is 0.756. The molecular formula is C23H19Cl2N5OS. The number of benzene rings is 3. The molecule has 3 aromatic carbocycles. The van der Waals surface area contributed by atoms with Crippen molar-refractivity contribution < 1.29 is 4.79 Å². The van der Waals surface area contributed by atoms with E-state index in [0.29, 0.717) is 27.4 Å².